The molecule has 6 heteroatoms. The van der Waals surface area contributed by atoms with Gasteiger partial charge in [0.1, 0.15) is 29.6 Å². The van der Waals surface area contributed by atoms with Gasteiger partial charge >= 0.3 is 0 Å². The molecular weight excluding hydrogens is 448 g/mol. The van der Waals surface area contributed by atoms with Gasteiger partial charge in [-0.1, -0.05) is 25.1 Å². The maximum atomic E-state index is 14.6. The molecule has 0 saturated heterocycles. The van der Waals surface area contributed by atoms with Gasteiger partial charge in [0, 0.05) is 22.9 Å². The van der Waals surface area contributed by atoms with Gasteiger partial charge in [-0.2, -0.15) is 0 Å². The van der Waals surface area contributed by atoms with Crippen LogP contribution < -0.4 is 4.74 Å². The van der Waals surface area contributed by atoms with E-state index in [0.717, 1.165) is 54.0 Å². The Morgan fingerprint density at radius 1 is 1.09 bits per heavy atom. The van der Waals surface area contributed by atoms with Crippen LogP contribution in [0.15, 0.2) is 54.7 Å². The maximum absolute atomic E-state index is 14.6. The molecule has 0 aliphatic heterocycles. The Hall–Kier alpha value is -2.83. The SMILES string of the molecule is CCC12CC(O)C(O)(c3c(F)cccc3F)CC1CCc1cc(OCc3cccnc3C)ccc12. The van der Waals surface area contributed by atoms with Gasteiger partial charge in [0.25, 0.3) is 0 Å². The molecule has 5 rings (SSSR count). The van der Waals surface area contributed by atoms with Crippen LogP contribution >= 0.6 is 0 Å². The summed E-state index contributed by atoms with van der Waals surface area (Å²) in [5, 5.41) is 22.6. The van der Waals surface area contributed by atoms with Gasteiger partial charge in [0.05, 0.1) is 11.7 Å². The number of pyridine rings is 1. The largest absolute Gasteiger partial charge is 0.489 e. The highest BCUT2D eigenvalue weighted by molar-refractivity contribution is 5.45. The van der Waals surface area contributed by atoms with E-state index in [9.17, 15) is 19.0 Å². The first-order valence-corrected chi connectivity index (χ1v) is 12.3. The summed E-state index contributed by atoms with van der Waals surface area (Å²) < 4.78 is 35.3. The van der Waals surface area contributed by atoms with Gasteiger partial charge < -0.3 is 14.9 Å². The zero-order valence-electron chi connectivity index (χ0n) is 20.1. The van der Waals surface area contributed by atoms with E-state index in [1.165, 1.54) is 11.6 Å². The summed E-state index contributed by atoms with van der Waals surface area (Å²) in [6.45, 7) is 4.47. The average molecular weight is 480 g/mol. The number of fused-ring (bicyclic) bond motifs is 3. The second-order valence-electron chi connectivity index (χ2n) is 10.0. The molecule has 2 aliphatic carbocycles. The molecule has 1 heterocycles. The standard InChI is InChI=1S/C29H31F2NO3/c1-3-28-16-26(33)29(34,27-24(30)7-4-8-25(27)31)15-21(28)10-9-19-14-22(11-12-23(19)28)35-17-20-6-5-13-32-18(20)2/h4-8,11-14,21,26,33-34H,3,9-10,15-17H2,1-2H3. The van der Waals surface area contributed by atoms with E-state index in [1.54, 1.807) is 6.20 Å². The monoisotopic (exact) mass is 479 g/mol. The molecule has 0 amide bonds. The Kier molecular flexibility index (Phi) is 6.14. The van der Waals surface area contributed by atoms with Crippen molar-refractivity contribution < 1.29 is 23.7 Å². The number of ether oxygens (including phenoxy) is 1. The fourth-order valence-corrected chi connectivity index (χ4v) is 6.41. The van der Waals surface area contributed by atoms with Crippen molar-refractivity contribution in [1.29, 1.82) is 0 Å². The fourth-order valence-electron chi connectivity index (χ4n) is 6.41. The predicted molar refractivity (Wildman–Crippen MR) is 129 cm³/mol. The number of benzene rings is 2. The van der Waals surface area contributed by atoms with Crippen LogP contribution in [-0.4, -0.2) is 21.3 Å². The summed E-state index contributed by atoms with van der Waals surface area (Å²) in [6, 6.07) is 13.5. The number of hydrogen-bond acceptors (Lipinski definition) is 4. The van der Waals surface area contributed by atoms with E-state index in [2.05, 4.69) is 24.0 Å². The summed E-state index contributed by atoms with van der Waals surface area (Å²) in [5.41, 5.74) is 1.52. The van der Waals surface area contributed by atoms with Gasteiger partial charge in [-0.05, 0) is 86.4 Å². The second kappa shape index (κ2) is 8.99. The van der Waals surface area contributed by atoms with Gasteiger partial charge in [-0.25, -0.2) is 8.78 Å². The lowest BCUT2D eigenvalue weighted by molar-refractivity contribution is -0.149. The molecule has 184 valence electrons. The molecule has 4 nitrogen and oxygen atoms in total. The number of nitrogens with zero attached hydrogens (tertiary/aromatic N) is 1. The highest BCUT2D eigenvalue weighted by Gasteiger charge is 2.56. The van der Waals surface area contributed by atoms with Crippen molar-refractivity contribution >= 4 is 0 Å². The molecule has 3 aromatic rings. The third-order valence-corrected chi connectivity index (χ3v) is 8.36. The third-order valence-electron chi connectivity index (χ3n) is 8.36. The lowest BCUT2D eigenvalue weighted by Gasteiger charge is -2.55. The second-order valence-corrected chi connectivity index (χ2v) is 10.0. The van der Waals surface area contributed by atoms with Gasteiger partial charge in [0.15, 0.2) is 0 Å². The summed E-state index contributed by atoms with van der Waals surface area (Å²) >= 11 is 0. The van der Waals surface area contributed by atoms with Crippen molar-refractivity contribution in [1.82, 2.24) is 4.98 Å². The minimum atomic E-state index is -1.96. The molecule has 1 aromatic heterocycles. The Bertz CT molecular complexity index is 1230. The number of aryl methyl sites for hydroxylation is 2. The number of aromatic nitrogens is 1. The van der Waals surface area contributed by atoms with Crippen molar-refractivity contribution in [2.45, 2.75) is 69.7 Å². The van der Waals surface area contributed by atoms with Crippen LogP contribution in [0.4, 0.5) is 8.78 Å². The van der Waals surface area contributed by atoms with E-state index in [4.69, 9.17) is 4.74 Å². The summed E-state index contributed by atoms with van der Waals surface area (Å²) in [4.78, 5) is 4.31. The maximum Gasteiger partial charge on any atom is 0.132 e. The Labute approximate surface area is 204 Å². The zero-order chi connectivity index (χ0) is 24.8. The molecular formula is C29H31F2NO3. The van der Waals surface area contributed by atoms with E-state index < -0.39 is 28.9 Å². The zero-order valence-corrected chi connectivity index (χ0v) is 20.1. The first-order chi connectivity index (χ1) is 16.8. The van der Waals surface area contributed by atoms with Crippen molar-refractivity contribution in [2.75, 3.05) is 0 Å². The van der Waals surface area contributed by atoms with Crippen molar-refractivity contribution in [3.05, 3.63) is 94.3 Å². The normalized spacial score (nSPS) is 27.7. The van der Waals surface area contributed by atoms with Crippen LogP contribution in [0.5, 0.6) is 5.75 Å². The third kappa shape index (κ3) is 3.93. The number of rotatable bonds is 5. The molecule has 0 bridgehead atoms. The highest BCUT2D eigenvalue weighted by Crippen LogP contribution is 2.57. The van der Waals surface area contributed by atoms with Crippen molar-refractivity contribution in [3.63, 3.8) is 0 Å². The number of aliphatic hydroxyl groups excluding tert-OH is 1. The smallest absolute Gasteiger partial charge is 0.132 e. The van der Waals surface area contributed by atoms with E-state index in [-0.39, 0.29) is 24.2 Å². The minimum absolute atomic E-state index is 0.0165. The molecule has 2 N–H and O–H groups in total. The van der Waals surface area contributed by atoms with Crippen LogP contribution in [-0.2, 0) is 24.0 Å². The molecule has 2 aromatic carbocycles. The topological polar surface area (TPSA) is 62.6 Å². The first kappa shape index (κ1) is 23.9. The van der Waals surface area contributed by atoms with Gasteiger partial charge in [0.2, 0.25) is 0 Å². The average Bonchev–Trinajstić information content (AvgIpc) is 2.84. The first-order valence-electron chi connectivity index (χ1n) is 12.3. The molecule has 1 fully saturated rings. The molecule has 4 atom stereocenters. The summed E-state index contributed by atoms with van der Waals surface area (Å²) in [7, 11) is 0. The van der Waals surface area contributed by atoms with Crippen LogP contribution in [0, 0.1) is 24.5 Å². The summed E-state index contributed by atoms with van der Waals surface area (Å²) in [6.07, 6.45) is 3.11. The van der Waals surface area contributed by atoms with E-state index >= 15 is 0 Å². The van der Waals surface area contributed by atoms with Crippen LogP contribution in [0.25, 0.3) is 0 Å². The van der Waals surface area contributed by atoms with Crippen LogP contribution in [0.1, 0.15) is 60.6 Å². The minimum Gasteiger partial charge on any atom is -0.489 e. The molecule has 0 radical (unpaired) electrons. The predicted octanol–water partition coefficient (Wildman–Crippen LogP) is 5.50. The Morgan fingerprint density at radius 2 is 1.86 bits per heavy atom. The fraction of sp³-hybridized carbons (Fsp3) is 0.414. The molecule has 2 aliphatic rings. The van der Waals surface area contributed by atoms with E-state index in [1.807, 2.05) is 25.1 Å². The summed E-state index contributed by atoms with van der Waals surface area (Å²) in [5.74, 6) is -0.884. The van der Waals surface area contributed by atoms with Crippen molar-refractivity contribution in [2.24, 2.45) is 5.92 Å². The van der Waals surface area contributed by atoms with E-state index in [0.29, 0.717) is 6.61 Å². The molecule has 35 heavy (non-hydrogen) atoms. The van der Waals surface area contributed by atoms with Crippen LogP contribution in [0.3, 0.4) is 0 Å². The van der Waals surface area contributed by atoms with Crippen molar-refractivity contribution in [3.8, 4) is 5.75 Å². The molecule has 4 unspecified atom stereocenters. The van der Waals surface area contributed by atoms with Gasteiger partial charge in [-0.15, -0.1) is 0 Å². The lowest BCUT2D eigenvalue weighted by atomic mass is 9.52. The quantitative estimate of drug-likeness (QED) is 0.507. The lowest BCUT2D eigenvalue weighted by Crippen LogP contribution is -2.56. The van der Waals surface area contributed by atoms with Crippen LogP contribution in [0.2, 0.25) is 0 Å². The number of hydrogen-bond donors (Lipinski definition) is 2. The molecule has 0 spiro atoms. The van der Waals surface area contributed by atoms with Gasteiger partial charge in [-0.3, -0.25) is 4.98 Å². The number of halogens is 2. The number of aliphatic hydroxyl groups is 2. The Morgan fingerprint density at radius 3 is 2.57 bits per heavy atom. The molecule has 1 saturated carbocycles. The Balaban J connectivity index is 1.44. The highest BCUT2D eigenvalue weighted by atomic mass is 19.1.